The molecular formula is C37H51N5O4S2. The van der Waals surface area contributed by atoms with Crippen molar-refractivity contribution in [3.63, 3.8) is 0 Å². The summed E-state index contributed by atoms with van der Waals surface area (Å²) in [6.07, 6.45) is 3.64. The molecule has 1 aromatic heterocycles. The first-order valence-electron chi connectivity index (χ1n) is 15.5. The molecule has 0 bridgehead atoms. The van der Waals surface area contributed by atoms with Gasteiger partial charge >= 0.3 is 0 Å². The van der Waals surface area contributed by atoms with Crippen molar-refractivity contribution in [2.75, 3.05) is 51.9 Å². The van der Waals surface area contributed by atoms with Gasteiger partial charge in [-0.2, -0.15) is 0 Å². The number of rotatable bonds is 13. The minimum atomic E-state index is -0.151. The Labute approximate surface area is 295 Å². The van der Waals surface area contributed by atoms with Gasteiger partial charge in [0.2, 0.25) is 0 Å². The number of nitrogens with one attached hydrogen (secondary N) is 2. The predicted octanol–water partition coefficient (Wildman–Crippen LogP) is 6.73. The Kier molecular flexibility index (Phi) is 21.9. The van der Waals surface area contributed by atoms with E-state index in [1.807, 2.05) is 25.1 Å². The molecule has 0 atom stereocenters. The van der Waals surface area contributed by atoms with Gasteiger partial charge in [0.25, 0.3) is 12.4 Å². The number of nitrogens with zero attached hydrogens (tertiary/aromatic N) is 3. The van der Waals surface area contributed by atoms with Crippen molar-refractivity contribution >= 4 is 47.6 Å². The number of hydrogen-bond acceptors (Lipinski definition) is 10. The molecule has 0 saturated heterocycles. The molecule has 2 N–H and O–H groups in total. The minimum Gasteiger partial charge on any atom is -0.471 e. The number of aldehydes is 1. The molecule has 0 saturated carbocycles. The van der Waals surface area contributed by atoms with Crippen LogP contribution in [0.5, 0.6) is 0 Å². The second-order valence-corrected chi connectivity index (χ2v) is 12.8. The number of carbonyl (C=O) groups is 3. The van der Waals surface area contributed by atoms with Crippen LogP contribution in [0.2, 0.25) is 0 Å². The Morgan fingerprint density at radius 1 is 0.938 bits per heavy atom. The number of benzene rings is 3. The van der Waals surface area contributed by atoms with Gasteiger partial charge in [-0.3, -0.25) is 14.4 Å². The lowest BCUT2D eigenvalue weighted by molar-refractivity contribution is -0.126. The fraction of sp³-hybridized carbons (Fsp3) is 0.351. The summed E-state index contributed by atoms with van der Waals surface area (Å²) in [5.41, 5.74) is 7.16. The third-order valence-corrected chi connectivity index (χ3v) is 8.05. The molecule has 4 rings (SSSR count). The monoisotopic (exact) mass is 693 g/mol. The van der Waals surface area contributed by atoms with Gasteiger partial charge in [0.15, 0.2) is 0 Å². The van der Waals surface area contributed by atoms with Crippen LogP contribution in [0, 0.1) is 20.8 Å². The molecule has 260 valence electrons. The number of amides is 1. The Balaban J connectivity index is 0.000000440. The maximum Gasteiger partial charge on any atom is 0.292 e. The molecule has 0 radical (unpaired) electrons. The van der Waals surface area contributed by atoms with Crippen molar-refractivity contribution in [1.82, 2.24) is 20.5 Å². The van der Waals surface area contributed by atoms with Crippen LogP contribution in [0.3, 0.4) is 0 Å². The average molecular weight is 694 g/mol. The molecule has 4 aromatic rings. The lowest BCUT2D eigenvalue weighted by Gasteiger charge is -2.17. The maximum absolute atomic E-state index is 12.1. The number of aryl methyl sites for hydroxylation is 3. The molecule has 3 aromatic carbocycles. The molecule has 0 spiro atoms. The van der Waals surface area contributed by atoms with Crippen LogP contribution in [0.25, 0.3) is 0 Å². The van der Waals surface area contributed by atoms with Gasteiger partial charge in [0, 0.05) is 60.8 Å². The standard InChI is InChI=1S/C21H27N3O2S.C7H12N2S.C7H8.C2H4O2/c1-16-10-18(13-20(11-16)24(2)27-3)14-22-8-5-9-23-21(26)19-7-4-6-17(12-19)15-25;1-6-5-10-7(8-6)4-9(2)3;1-7-5-3-2-4-6-7;1-4-2-3/h4,6-7,10-13,15,22H,5,8-9,14H2,1-3H3,(H,23,26);5H,4H2,1-3H3;2-6H,1H3;2H,1H3. The summed E-state index contributed by atoms with van der Waals surface area (Å²) in [4.78, 5) is 38.3. The number of ether oxygens (including phenoxy) is 1. The van der Waals surface area contributed by atoms with Crippen molar-refractivity contribution in [3.8, 4) is 0 Å². The van der Waals surface area contributed by atoms with E-state index in [9.17, 15) is 9.59 Å². The summed E-state index contributed by atoms with van der Waals surface area (Å²) >= 11 is 3.41. The van der Waals surface area contributed by atoms with Gasteiger partial charge in [0.1, 0.15) is 11.3 Å². The van der Waals surface area contributed by atoms with Gasteiger partial charge in [-0.05, 0) is 83.2 Å². The third kappa shape index (κ3) is 19.0. The fourth-order valence-electron chi connectivity index (χ4n) is 4.01. The van der Waals surface area contributed by atoms with E-state index in [-0.39, 0.29) is 5.91 Å². The van der Waals surface area contributed by atoms with Gasteiger partial charge in [0.05, 0.1) is 7.11 Å². The zero-order valence-electron chi connectivity index (χ0n) is 29.5. The Bertz CT molecular complexity index is 1480. The zero-order valence-corrected chi connectivity index (χ0v) is 31.1. The molecule has 0 fully saturated rings. The van der Waals surface area contributed by atoms with Gasteiger partial charge in [-0.25, -0.2) is 4.98 Å². The Hall–Kier alpha value is -4.03. The number of thiazole rings is 1. The van der Waals surface area contributed by atoms with Gasteiger partial charge in [-0.1, -0.05) is 66.0 Å². The van der Waals surface area contributed by atoms with Crippen LogP contribution < -0.4 is 14.9 Å². The van der Waals surface area contributed by atoms with Crippen molar-refractivity contribution in [2.45, 2.75) is 40.3 Å². The zero-order chi connectivity index (χ0) is 35.7. The summed E-state index contributed by atoms with van der Waals surface area (Å²) in [6.45, 7) is 9.75. The fourth-order valence-corrected chi connectivity index (χ4v) is 5.22. The van der Waals surface area contributed by atoms with Crippen LogP contribution in [0.15, 0.2) is 78.2 Å². The molecule has 11 heteroatoms. The highest BCUT2D eigenvalue weighted by Gasteiger charge is 2.06. The van der Waals surface area contributed by atoms with E-state index in [4.69, 9.17) is 4.79 Å². The van der Waals surface area contributed by atoms with Crippen LogP contribution in [-0.2, 0) is 22.6 Å². The number of carbonyl (C=O) groups excluding carboxylic acids is 3. The second kappa shape index (κ2) is 25.0. The van der Waals surface area contributed by atoms with Crippen LogP contribution in [-0.4, -0.2) is 76.1 Å². The normalized spacial score (nSPS) is 9.85. The quantitative estimate of drug-likeness (QED) is 0.0897. The molecule has 48 heavy (non-hydrogen) atoms. The highest BCUT2D eigenvalue weighted by atomic mass is 32.2. The summed E-state index contributed by atoms with van der Waals surface area (Å²) in [7, 11) is 7.48. The van der Waals surface area contributed by atoms with Crippen molar-refractivity contribution in [1.29, 1.82) is 0 Å². The molecule has 9 nitrogen and oxygen atoms in total. The van der Waals surface area contributed by atoms with Crippen LogP contribution in [0.4, 0.5) is 5.69 Å². The molecule has 0 aliphatic rings. The van der Waals surface area contributed by atoms with Crippen LogP contribution in [0.1, 0.15) is 54.5 Å². The lowest BCUT2D eigenvalue weighted by Crippen LogP contribution is -2.27. The van der Waals surface area contributed by atoms with E-state index in [0.717, 1.165) is 38.0 Å². The topological polar surface area (TPSA) is 104 Å². The minimum absolute atomic E-state index is 0.151. The van der Waals surface area contributed by atoms with Crippen molar-refractivity contribution in [3.05, 3.63) is 117 Å². The number of hydrogen-bond donors (Lipinski definition) is 2. The first-order valence-corrected chi connectivity index (χ1v) is 17.5. The highest BCUT2D eigenvalue weighted by molar-refractivity contribution is 7.99. The van der Waals surface area contributed by atoms with E-state index < -0.39 is 0 Å². The smallest absolute Gasteiger partial charge is 0.292 e. The lowest BCUT2D eigenvalue weighted by atomic mass is 10.1. The summed E-state index contributed by atoms with van der Waals surface area (Å²) in [5, 5.41) is 9.59. The Morgan fingerprint density at radius 2 is 1.65 bits per heavy atom. The molecule has 0 aliphatic carbocycles. The molecule has 0 unspecified atom stereocenters. The summed E-state index contributed by atoms with van der Waals surface area (Å²) < 4.78 is 6.01. The van der Waals surface area contributed by atoms with E-state index in [0.29, 0.717) is 24.1 Å². The first kappa shape index (κ1) is 42.0. The molecule has 1 heterocycles. The predicted molar refractivity (Wildman–Crippen MR) is 202 cm³/mol. The van der Waals surface area contributed by atoms with E-state index in [1.165, 1.54) is 34.5 Å². The number of methoxy groups -OCH3 is 1. The molecular weight excluding hydrogens is 643 g/mol. The first-order chi connectivity index (χ1) is 23.0. The maximum atomic E-state index is 12.1. The Morgan fingerprint density at radius 3 is 2.19 bits per heavy atom. The highest BCUT2D eigenvalue weighted by Crippen LogP contribution is 2.22. The SMILES string of the molecule is COC=O.CSN(C)c1cc(C)cc(CNCCCNC(=O)c2cccc(C=O)c2)c1.Cc1ccccc1.Cc1csc(CN(C)C)n1. The van der Waals surface area contributed by atoms with Gasteiger partial charge < -0.3 is 24.6 Å². The molecule has 0 aliphatic heterocycles. The third-order valence-electron chi connectivity index (χ3n) is 6.34. The molecule has 1 amide bonds. The van der Waals surface area contributed by atoms with E-state index in [1.54, 1.807) is 47.6 Å². The number of aromatic nitrogens is 1. The van der Waals surface area contributed by atoms with E-state index >= 15 is 0 Å². The van der Waals surface area contributed by atoms with Crippen molar-refractivity contribution < 1.29 is 19.1 Å². The second-order valence-electron chi connectivity index (χ2n) is 11.0. The number of anilines is 1. The summed E-state index contributed by atoms with van der Waals surface area (Å²) in [6, 6.07) is 23.5. The van der Waals surface area contributed by atoms with Crippen LogP contribution >= 0.6 is 23.3 Å². The van der Waals surface area contributed by atoms with Gasteiger partial charge in [-0.15, -0.1) is 11.3 Å². The largest absolute Gasteiger partial charge is 0.471 e. The van der Waals surface area contributed by atoms with Crippen molar-refractivity contribution in [2.24, 2.45) is 0 Å². The summed E-state index contributed by atoms with van der Waals surface area (Å²) in [5.74, 6) is -0.151. The van der Waals surface area contributed by atoms with E-state index in [2.05, 4.69) is 107 Å². The average Bonchev–Trinajstić information content (AvgIpc) is 3.49.